The van der Waals surface area contributed by atoms with Crippen LogP contribution in [0, 0.1) is 0 Å². The second-order valence-electron chi connectivity index (χ2n) is 6.20. The Kier molecular flexibility index (Phi) is 10.5. The first-order chi connectivity index (χ1) is 15.5. The van der Waals surface area contributed by atoms with Gasteiger partial charge in [-0.15, -0.1) is 0 Å². The Morgan fingerprint density at radius 2 is 1.38 bits per heavy atom. The summed E-state index contributed by atoms with van der Waals surface area (Å²) in [5, 5.41) is 0. The summed E-state index contributed by atoms with van der Waals surface area (Å²) in [5.41, 5.74) is -8.95. The van der Waals surface area contributed by atoms with Crippen LogP contribution < -0.4 is 4.57 Å². The van der Waals surface area contributed by atoms with Crippen molar-refractivity contribution in [1.82, 2.24) is 0 Å². The van der Waals surface area contributed by atoms with Crippen molar-refractivity contribution in [2.45, 2.75) is 30.0 Å². The molecule has 0 unspecified atom stereocenters. The zero-order valence-electron chi connectivity index (χ0n) is 17.8. The van der Waals surface area contributed by atoms with Crippen LogP contribution in [0.5, 0.6) is 0 Å². The summed E-state index contributed by atoms with van der Waals surface area (Å²) >= 11 is 1.77. The maximum Gasteiger partial charge on any atom is 0.500 e. The van der Waals surface area contributed by atoms with E-state index in [1.54, 1.807) is 32.7 Å². The van der Waals surface area contributed by atoms with Gasteiger partial charge in [-0.25, -0.2) is 16.8 Å². The van der Waals surface area contributed by atoms with Crippen LogP contribution in [0.3, 0.4) is 0 Å². The molecule has 2 aromatic rings. The Balaban J connectivity index is 0.000000352. The lowest BCUT2D eigenvalue weighted by Crippen LogP contribution is -2.43. The van der Waals surface area contributed by atoms with E-state index in [2.05, 4.69) is 34.3 Å². The van der Waals surface area contributed by atoms with Crippen molar-refractivity contribution in [3.63, 3.8) is 0 Å². The molecular formula is C15H20F6N2O7S3Si. The maximum atomic E-state index is 11.4. The standard InChI is InChI=1S/C13H20NO3SSi.C2F6NO4S2/c1-15-19(16-2,17-3)10-6-9-14-11-18-13-8-5-4-7-12(13)14;3-1(4,5)14(10,11)9-15(12,13)2(6,7)8/h4-5,7-8,11H,6,9-10H2,1-3H3;/q+1;-1. The number of sulfonamides is 2. The van der Waals surface area contributed by atoms with Crippen LogP contribution in [-0.4, -0.2) is 58.0 Å². The molecular weight excluding hydrogens is 558 g/mol. The van der Waals surface area contributed by atoms with Crippen molar-refractivity contribution in [3.8, 4) is 0 Å². The van der Waals surface area contributed by atoms with Crippen molar-refractivity contribution in [2.75, 3.05) is 21.3 Å². The smallest absolute Gasteiger partial charge is 0.421 e. The zero-order valence-corrected chi connectivity index (χ0v) is 21.2. The van der Waals surface area contributed by atoms with E-state index in [9.17, 15) is 43.2 Å². The Bertz CT molecular complexity index is 1100. The fourth-order valence-electron chi connectivity index (χ4n) is 2.38. The molecule has 0 fully saturated rings. The topological polar surface area (TPSA) is 114 Å². The summed E-state index contributed by atoms with van der Waals surface area (Å²) in [6, 6.07) is 9.27. The number of aryl methyl sites for hydroxylation is 1. The maximum absolute atomic E-state index is 11.4. The molecule has 0 aliphatic rings. The molecule has 0 saturated heterocycles. The van der Waals surface area contributed by atoms with Crippen LogP contribution in [0.1, 0.15) is 6.42 Å². The largest absolute Gasteiger partial charge is 0.500 e. The molecule has 0 spiro atoms. The first-order valence-corrected chi connectivity index (χ1v) is 14.5. The first-order valence-electron chi connectivity index (χ1n) is 8.83. The van der Waals surface area contributed by atoms with E-state index in [1.165, 1.54) is 10.2 Å². The van der Waals surface area contributed by atoms with Gasteiger partial charge in [-0.05, 0) is 6.07 Å². The first kappa shape index (κ1) is 30.7. The van der Waals surface area contributed by atoms with Gasteiger partial charge in [0.15, 0.2) is 20.0 Å². The van der Waals surface area contributed by atoms with Crippen LogP contribution in [-0.2, 0) is 39.9 Å². The lowest BCUT2D eigenvalue weighted by molar-refractivity contribution is -0.667. The van der Waals surface area contributed by atoms with Gasteiger partial charge in [0.05, 0.1) is 0 Å². The van der Waals surface area contributed by atoms with Crippen LogP contribution in [0.15, 0.2) is 29.8 Å². The molecule has 34 heavy (non-hydrogen) atoms. The van der Waals surface area contributed by atoms with Crippen molar-refractivity contribution >= 4 is 50.4 Å². The van der Waals surface area contributed by atoms with Gasteiger partial charge in [-0.1, -0.05) is 23.5 Å². The molecule has 1 heterocycles. The number of fused-ring (bicyclic) bond motifs is 1. The second-order valence-corrected chi connectivity index (χ2v) is 13.6. The second kappa shape index (κ2) is 11.6. The van der Waals surface area contributed by atoms with Crippen molar-refractivity contribution in [3.05, 3.63) is 33.9 Å². The van der Waals surface area contributed by atoms with E-state index in [1.807, 2.05) is 0 Å². The van der Waals surface area contributed by atoms with Crippen LogP contribution in [0.2, 0.25) is 6.04 Å². The van der Waals surface area contributed by atoms with Gasteiger partial charge in [0.25, 0.3) is 0 Å². The highest BCUT2D eigenvalue weighted by molar-refractivity contribution is 8.13. The van der Waals surface area contributed by atoms with Crippen molar-refractivity contribution < 1.29 is 61.0 Å². The van der Waals surface area contributed by atoms with Crippen LogP contribution in [0.4, 0.5) is 26.3 Å². The van der Waals surface area contributed by atoms with Gasteiger partial charge in [0, 0.05) is 39.9 Å². The van der Waals surface area contributed by atoms with Crippen molar-refractivity contribution in [2.24, 2.45) is 0 Å². The van der Waals surface area contributed by atoms with E-state index in [-0.39, 0.29) is 0 Å². The molecule has 0 amide bonds. The highest BCUT2D eigenvalue weighted by Crippen LogP contribution is 2.36. The van der Waals surface area contributed by atoms with Gasteiger partial charge in [-0.2, -0.15) is 30.9 Å². The number of alkyl halides is 6. The predicted octanol–water partition coefficient (Wildman–Crippen LogP) is 3.52. The molecule has 0 aliphatic carbocycles. The summed E-state index contributed by atoms with van der Waals surface area (Å²) in [4.78, 5) is 0. The third kappa shape index (κ3) is 7.83. The summed E-state index contributed by atoms with van der Waals surface area (Å²) < 4.78 is 129. The minimum Gasteiger partial charge on any atom is -0.421 e. The molecule has 0 atom stereocenters. The van der Waals surface area contributed by atoms with E-state index in [0.717, 1.165) is 23.1 Å². The molecule has 2 rings (SSSR count). The highest BCUT2D eigenvalue weighted by Gasteiger charge is 2.47. The number of benzene rings is 1. The summed E-state index contributed by atoms with van der Waals surface area (Å²) in [6.07, 6.45) is 0.979. The number of nitrogens with zero attached hydrogens (tertiary/aromatic N) is 2. The Labute approximate surface area is 196 Å². The van der Waals surface area contributed by atoms with Gasteiger partial charge >= 0.3 is 19.8 Å². The Morgan fingerprint density at radius 3 is 1.82 bits per heavy atom. The quantitative estimate of drug-likeness (QED) is 0.254. The molecule has 196 valence electrons. The van der Waals surface area contributed by atoms with Gasteiger partial charge in [0.1, 0.15) is 11.2 Å². The zero-order chi connectivity index (χ0) is 26.4. The average molecular weight is 579 g/mol. The van der Waals surface area contributed by atoms with Gasteiger partial charge in [0.2, 0.25) is 11.0 Å². The molecule has 0 aliphatic heterocycles. The SMILES string of the molecule is CO[Si](CCC[n+]1csc2ccccc21)(OC)OC.O=S(=O)([N-]S(=O)(=O)C(F)(F)F)C(F)(F)F. The number of aromatic nitrogens is 1. The minimum atomic E-state index is -6.72. The van der Waals surface area contributed by atoms with E-state index < -0.39 is 39.9 Å². The van der Waals surface area contributed by atoms with Gasteiger partial charge in [-0.3, -0.25) is 0 Å². The number of halogens is 6. The van der Waals surface area contributed by atoms with Crippen LogP contribution in [0.25, 0.3) is 14.3 Å². The number of rotatable bonds is 9. The fraction of sp³-hybridized carbons (Fsp3) is 0.533. The fourth-order valence-corrected chi connectivity index (χ4v) is 6.72. The van der Waals surface area contributed by atoms with E-state index in [4.69, 9.17) is 13.3 Å². The summed E-state index contributed by atoms with van der Waals surface area (Å²) in [6.45, 7) is 0.953. The molecule has 1 aromatic carbocycles. The van der Waals surface area contributed by atoms with Crippen molar-refractivity contribution in [1.29, 1.82) is 0 Å². The molecule has 0 bridgehead atoms. The third-order valence-electron chi connectivity index (χ3n) is 4.08. The highest BCUT2D eigenvalue weighted by atomic mass is 32.3. The minimum absolute atomic E-state index is 0.778. The molecule has 0 radical (unpaired) electrons. The van der Waals surface area contributed by atoms with Gasteiger partial charge < -0.3 is 17.4 Å². The molecule has 19 heteroatoms. The summed E-state index contributed by atoms with van der Waals surface area (Å²) in [5.74, 6) is 0. The normalized spacial score (nSPS) is 13.6. The monoisotopic (exact) mass is 578 g/mol. The van der Waals surface area contributed by atoms with E-state index >= 15 is 0 Å². The molecule has 0 saturated carbocycles. The Morgan fingerprint density at radius 1 is 0.912 bits per heavy atom. The number of para-hydroxylation sites is 1. The van der Waals surface area contributed by atoms with Crippen LogP contribution >= 0.6 is 11.3 Å². The molecule has 9 nitrogen and oxygen atoms in total. The number of thiazole rings is 1. The number of hydrogen-bond donors (Lipinski definition) is 0. The van der Waals surface area contributed by atoms with E-state index in [0.29, 0.717) is 0 Å². The predicted molar refractivity (Wildman–Crippen MR) is 112 cm³/mol. The lowest BCUT2D eigenvalue weighted by Gasteiger charge is -2.23. The third-order valence-corrected chi connectivity index (χ3v) is 10.6. The lowest BCUT2D eigenvalue weighted by atomic mass is 10.3. The average Bonchev–Trinajstić information content (AvgIpc) is 3.13. The summed E-state index contributed by atoms with van der Waals surface area (Å²) in [7, 11) is -10.9. The number of hydrogen-bond acceptors (Lipinski definition) is 8. The molecule has 0 N–H and O–H groups in total. The molecule has 1 aromatic heterocycles. The Hall–Kier alpha value is -1.35.